The van der Waals surface area contributed by atoms with Crippen molar-refractivity contribution in [2.45, 2.75) is 13.3 Å². The molecule has 1 unspecified atom stereocenters. The van der Waals surface area contributed by atoms with Crippen LogP contribution in [0, 0.1) is 5.92 Å². The van der Waals surface area contributed by atoms with Crippen molar-refractivity contribution in [2.24, 2.45) is 5.92 Å². The Kier molecular flexibility index (Phi) is 4.24. The summed E-state index contributed by atoms with van der Waals surface area (Å²) >= 11 is 0. The van der Waals surface area contributed by atoms with Gasteiger partial charge in [0.15, 0.2) is 0 Å². The van der Waals surface area contributed by atoms with E-state index in [1.165, 1.54) is 5.69 Å². The maximum atomic E-state index is 11.4. The molecule has 1 aromatic rings. The van der Waals surface area contributed by atoms with Gasteiger partial charge in [0, 0.05) is 25.3 Å². The van der Waals surface area contributed by atoms with Crippen molar-refractivity contribution >= 4 is 15.7 Å². The van der Waals surface area contributed by atoms with Crippen LogP contribution < -0.4 is 9.62 Å². The monoisotopic (exact) mass is 268 g/mol. The molecule has 4 nitrogen and oxygen atoms in total. The molecule has 0 aliphatic carbocycles. The summed E-state index contributed by atoms with van der Waals surface area (Å²) in [5.41, 5.74) is 1.22. The second-order valence-corrected chi connectivity index (χ2v) is 6.78. The van der Waals surface area contributed by atoms with Gasteiger partial charge >= 0.3 is 0 Å². The predicted molar refractivity (Wildman–Crippen MR) is 74.2 cm³/mol. The fourth-order valence-electron chi connectivity index (χ4n) is 2.22. The molecule has 100 valence electrons. The second-order valence-electron chi connectivity index (χ2n) is 4.69. The smallest absolute Gasteiger partial charge is 0.211 e. The maximum Gasteiger partial charge on any atom is 0.211 e. The van der Waals surface area contributed by atoms with Gasteiger partial charge in [-0.25, -0.2) is 13.1 Å². The first kappa shape index (κ1) is 13.4. The van der Waals surface area contributed by atoms with Crippen molar-refractivity contribution in [1.29, 1.82) is 0 Å². The van der Waals surface area contributed by atoms with Crippen LogP contribution in [0.15, 0.2) is 30.3 Å². The molecule has 0 amide bonds. The lowest BCUT2D eigenvalue weighted by Gasteiger charge is -2.18. The minimum atomic E-state index is -3.06. The summed E-state index contributed by atoms with van der Waals surface area (Å²) in [7, 11) is -3.06. The topological polar surface area (TPSA) is 49.4 Å². The molecule has 1 aliphatic heterocycles. The van der Waals surface area contributed by atoms with E-state index in [2.05, 4.69) is 21.8 Å². The zero-order chi connectivity index (χ0) is 13.0. The number of hydrogen-bond donors (Lipinski definition) is 1. The fourth-order valence-corrected chi connectivity index (χ4v) is 2.91. The molecule has 0 radical (unpaired) electrons. The average Bonchev–Trinajstić information content (AvgIpc) is 2.86. The number of rotatable bonds is 5. The number of benzene rings is 1. The molecule has 2 rings (SSSR count). The first-order valence-electron chi connectivity index (χ1n) is 6.38. The van der Waals surface area contributed by atoms with Gasteiger partial charge in [-0.15, -0.1) is 0 Å². The first-order valence-corrected chi connectivity index (χ1v) is 8.03. The van der Waals surface area contributed by atoms with Crippen molar-refractivity contribution in [3.05, 3.63) is 30.3 Å². The zero-order valence-electron chi connectivity index (χ0n) is 10.7. The number of sulfonamides is 1. The van der Waals surface area contributed by atoms with Gasteiger partial charge in [0.05, 0.1) is 5.75 Å². The van der Waals surface area contributed by atoms with Gasteiger partial charge in [-0.2, -0.15) is 0 Å². The highest BCUT2D eigenvalue weighted by Crippen LogP contribution is 2.22. The van der Waals surface area contributed by atoms with E-state index in [1.54, 1.807) is 6.92 Å². The van der Waals surface area contributed by atoms with Gasteiger partial charge in [-0.05, 0) is 31.4 Å². The van der Waals surface area contributed by atoms with Crippen LogP contribution in [0.25, 0.3) is 0 Å². The number of nitrogens with zero attached hydrogens (tertiary/aromatic N) is 1. The molecule has 1 aliphatic rings. The molecular weight excluding hydrogens is 248 g/mol. The number of anilines is 1. The molecule has 1 heterocycles. The van der Waals surface area contributed by atoms with Crippen LogP contribution in [-0.4, -0.2) is 33.8 Å². The molecule has 0 bridgehead atoms. The number of para-hydroxylation sites is 1. The summed E-state index contributed by atoms with van der Waals surface area (Å²) in [6.07, 6.45) is 1.04. The molecular formula is C13H20N2O2S. The molecule has 1 fully saturated rings. The van der Waals surface area contributed by atoms with E-state index in [-0.39, 0.29) is 5.75 Å². The molecule has 0 aromatic heterocycles. The molecule has 1 atom stereocenters. The van der Waals surface area contributed by atoms with E-state index >= 15 is 0 Å². The highest BCUT2D eigenvalue weighted by atomic mass is 32.2. The minimum Gasteiger partial charge on any atom is -0.371 e. The van der Waals surface area contributed by atoms with Crippen molar-refractivity contribution < 1.29 is 8.42 Å². The molecule has 1 aromatic carbocycles. The van der Waals surface area contributed by atoms with E-state index in [0.29, 0.717) is 12.5 Å². The van der Waals surface area contributed by atoms with Crippen molar-refractivity contribution in [2.75, 3.05) is 30.3 Å². The third-order valence-corrected chi connectivity index (χ3v) is 4.75. The number of nitrogens with one attached hydrogen (secondary N) is 1. The largest absolute Gasteiger partial charge is 0.371 e. The Hall–Kier alpha value is -1.07. The molecule has 1 saturated heterocycles. The van der Waals surface area contributed by atoms with E-state index in [4.69, 9.17) is 0 Å². The lowest BCUT2D eigenvalue weighted by Crippen LogP contribution is -2.32. The van der Waals surface area contributed by atoms with E-state index in [9.17, 15) is 8.42 Å². The summed E-state index contributed by atoms with van der Waals surface area (Å²) in [6.45, 7) is 4.14. The van der Waals surface area contributed by atoms with E-state index in [0.717, 1.165) is 19.5 Å². The fraction of sp³-hybridized carbons (Fsp3) is 0.538. The zero-order valence-corrected chi connectivity index (χ0v) is 11.5. The van der Waals surface area contributed by atoms with E-state index < -0.39 is 10.0 Å². The van der Waals surface area contributed by atoms with Crippen molar-refractivity contribution in [3.8, 4) is 0 Å². The average molecular weight is 268 g/mol. The molecule has 18 heavy (non-hydrogen) atoms. The lowest BCUT2D eigenvalue weighted by atomic mass is 10.1. The predicted octanol–water partition coefficient (Wildman–Crippen LogP) is 1.45. The summed E-state index contributed by atoms with van der Waals surface area (Å²) in [4.78, 5) is 2.31. The Morgan fingerprint density at radius 2 is 2.06 bits per heavy atom. The van der Waals surface area contributed by atoms with Crippen LogP contribution in [-0.2, 0) is 10.0 Å². The van der Waals surface area contributed by atoms with Crippen LogP contribution in [0.2, 0.25) is 0 Å². The Bertz CT molecular complexity index is 473. The molecule has 5 heteroatoms. The number of hydrogen-bond acceptors (Lipinski definition) is 3. The summed E-state index contributed by atoms with van der Waals surface area (Å²) in [5, 5.41) is 0. The van der Waals surface area contributed by atoms with Crippen LogP contribution in [0.5, 0.6) is 0 Å². The molecule has 1 N–H and O–H groups in total. The van der Waals surface area contributed by atoms with Gasteiger partial charge in [0.2, 0.25) is 10.0 Å². The van der Waals surface area contributed by atoms with Crippen LogP contribution in [0.4, 0.5) is 5.69 Å². The standard InChI is InChI=1S/C13H20N2O2S/c1-2-18(16,17)14-10-12-8-9-15(11-12)13-6-4-3-5-7-13/h3-7,12,14H,2,8-11H2,1H3. The summed E-state index contributed by atoms with van der Waals surface area (Å²) in [6, 6.07) is 10.3. The normalized spacial score (nSPS) is 20.3. The van der Waals surface area contributed by atoms with Gasteiger partial charge in [0.1, 0.15) is 0 Å². The van der Waals surface area contributed by atoms with Crippen molar-refractivity contribution in [3.63, 3.8) is 0 Å². The second kappa shape index (κ2) is 5.71. The van der Waals surface area contributed by atoms with Crippen LogP contribution >= 0.6 is 0 Å². The Morgan fingerprint density at radius 1 is 1.33 bits per heavy atom. The minimum absolute atomic E-state index is 0.155. The third-order valence-electron chi connectivity index (χ3n) is 3.38. The van der Waals surface area contributed by atoms with Crippen LogP contribution in [0.3, 0.4) is 0 Å². The highest BCUT2D eigenvalue weighted by molar-refractivity contribution is 7.89. The Morgan fingerprint density at radius 3 is 2.72 bits per heavy atom. The van der Waals surface area contributed by atoms with Gasteiger partial charge in [-0.3, -0.25) is 0 Å². The highest BCUT2D eigenvalue weighted by Gasteiger charge is 2.23. The van der Waals surface area contributed by atoms with Crippen molar-refractivity contribution in [1.82, 2.24) is 4.72 Å². The lowest BCUT2D eigenvalue weighted by molar-refractivity contribution is 0.542. The quantitative estimate of drug-likeness (QED) is 0.879. The summed E-state index contributed by atoms with van der Waals surface area (Å²) < 4.78 is 25.4. The SMILES string of the molecule is CCS(=O)(=O)NCC1CCN(c2ccccc2)C1. The molecule has 0 spiro atoms. The maximum absolute atomic E-state index is 11.4. The Balaban J connectivity index is 1.86. The van der Waals surface area contributed by atoms with Crippen LogP contribution in [0.1, 0.15) is 13.3 Å². The van der Waals surface area contributed by atoms with Gasteiger partial charge in [0.25, 0.3) is 0 Å². The van der Waals surface area contributed by atoms with Gasteiger partial charge < -0.3 is 4.90 Å². The van der Waals surface area contributed by atoms with Gasteiger partial charge in [-0.1, -0.05) is 18.2 Å². The summed E-state index contributed by atoms with van der Waals surface area (Å²) in [5.74, 6) is 0.564. The molecule has 0 saturated carbocycles. The van der Waals surface area contributed by atoms with E-state index in [1.807, 2.05) is 18.2 Å². The first-order chi connectivity index (χ1) is 8.61. The Labute approximate surface area is 109 Å². The third kappa shape index (κ3) is 3.46.